The average molecular weight is 451 g/mol. The topological polar surface area (TPSA) is 85.4 Å². The van der Waals surface area contributed by atoms with Crippen LogP contribution in [0.1, 0.15) is 47.4 Å². The number of hydrogen-bond donors (Lipinski definition) is 0. The zero-order chi connectivity index (χ0) is 22.6. The summed E-state index contributed by atoms with van der Waals surface area (Å²) < 4.78 is 4.04. The molecule has 0 unspecified atom stereocenters. The maximum absolute atomic E-state index is 13.0. The summed E-state index contributed by atoms with van der Waals surface area (Å²) in [6.45, 7) is 4.58. The number of amides is 1. The van der Waals surface area contributed by atoms with Crippen molar-refractivity contribution in [3.05, 3.63) is 64.0 Å². The lowest BCUT2D eigenvalue weighted by molar-refractivity contribution is -0.132. The zero-order valence-corrected chi connectivity index (χ0v) is 18.9. The van der Waals surface area contributed by atoms with E-state index in [4.69, 9.17) is 16.6 Å². The van der Waals surface area contributed by atoms with E-state index in [-0.39, 0.29) is 24.7 Å². The number of ketones is 1. The first-order chi connectivity index (χ1) is 15.3. The van der Waals surface area contributed by atoms with Crippen molar-refractivity contribution in [2.45, 2.75) is 32.7 Å². The van der Waals surface area contributed by atoms with Crippen LogP contribution in [0.25, 0.3) is 5.69 Å². The maximum atomic E-state index is 13.0. The second-order valence-electron chi connectivity index (χ2n) is 8.33. The van der Waals surface area contributed by atoms with Crippen molar-refractivity contribution in [3.63, 3.8) is 0 Å². The zero-order valence-electron chi connectivity index (χ0n) is 18.2. The van der Waals surface area contributed by atoms with Crippen molar-refractivity contribution in [1.82, 2.24) is 24.2 Å². The number of nitrogens with zero attached hydrogens (tertiary/aromatic N) is 6. The molecule has 3 aromatic rings. The normalized spacial score (nSPS) is 17.8. The molecule has 2 aliphatic heterocycles. The minimum Gasteiger partial charge on any atom is -0.352 e. The Morgan fingerprint density at radius 3 is 2.62 bits per heavy atom. The molecule has 0 radical (unpaired) electrons. The molecule has 2 aromatic heterocycles. The monoisotopic (exact) mass is 450 g/mol. The molecule has 1 atom stereocenters. The predicted octanol–water partition coefficient (Wildman–Crippen LogP) is 2.96. The molecule has 5 rings (SSSR count). The number of likely N-dealkylation sites (tertiary alicyclic amines) is 1. The fourth-order valence-electron chi connectivity index (χ4n) is 4.44. The number of Topliss-reactive ketones (excluding diaryl/α,β-unsaturated/α-hetero) is 1. The van der Waals surface area contributed by atoms with Gasteiger partial charge in [-0.1, -0.05) is 23.7 Å². The summed E-state index contributed by atoms with van der Waals surface area (Å²) in [5.74, 6) is 1.34. The summed E-state index contributed by atoms with van der Waals surface area (Å²) in [6, 6.07) is 7.03. The molecule has 1 saturated heterocycles. The van der Waals surface area contributed by atoms with Crippen molar-refractivity contribution in [2.75, 3.05) is 13.1 Å². The van der Waals surface area contributed by atoms with Crippen LogP contribution in [-0.2, 0) is 16.6 Å². The summed E-state index contributed by atoms with van der Waals surface area (Å²) in [7, 11) is 1.99. The van der Waals surface area contributed by atoms with E-state index in [1.165, 1.54) is 0 Å². The number of hydrogen-bond acceptors (Lipinski definition) is 5. The molecule has 32 heavy (non-hydrogen) atoms. The minimum absolute atomic E-state index is 0.0899. The highest BCUT2D eigenvalue weighted by Crippen LogP contribution is 2.35. The minimum atomic E-state index is -0.526. The number of carbonyl (C=O) groups is 2. The van der Waals surface area contributed by atoms with E-state index in [0.29, 0.717) is 23.8 Å². The van der Waals surface area contributed by atoms with E-state index in [1.807, 2.05) is 55.9 Å². The van der Waals surface area contributed by atoms with Crippen LogP contribution in [0.4, 0.5) is 0 Å². The smallest absolute Gasteiger partial charge is 0.225 e. The molecule has 1 amide bonds. The highest BCUT2D eigenvalue weighted by molar-refractivity contribution is 6.30. The fourth-order valence-corrected chi connectivity index (χ4v) is 4.57. The number of aryl methyl sites for hydroxylation is 2. The van der Waals surface area contributed by atoms with Crippen molar-refractivity contribution in [2.24, 2.45) is 12.0 Å². The van der Waals surface area contributed by atoms with Gasteiger partial charge in [0.25, 0.3) is 0 Å². The van der Waals surface area contributed by atoms with Crippen LogP contribution < -0.4 is 0 Å². The van der Waals surface area contributed by atoms with Gasteiger partial charge in [-0.3, -0.25) is 19.1 Å². The standard InChI is InChI=1S/C23H23ClN6O2/c1-13-21-19(12-28(13)3)30-14(2)26-27-23(30)18(10-20(32)29-9-8-17(31)11-29)25-22(21)15-4-6-16(24)7-5-15/h4-7,12,18H,8-11H2,1-3H3/t18-/m0/s1. The van der Waals surface area contributed by atoms with E-state index >= 15 is 0 Å². The van der Waals surface area contributed by atoms with Crippen LogP contribution in [0.15, 0.2) is 35.5 Å². The Hall–Kier alpha value is -3.26. The van der Waals surface area contributed by atoms with E-state index in [2.05, 4.69) is 14.8 Å². The lowest BCUT2D eigenvalue weighted by atomic mass is 10.0. The number of benzene rings is 1. The molecular formula is C23H23ClN6O2. The van der Waals surface area contributed by atoms with Gasteiger partial charge in [0.15, 0.2) is 11.6 Å². The van der Waals surface area contributed by atoms with Crippen LogP contribution in [0.2, 0.25) is 5.02 Å². The SMILES string of the molecule is Cc1c2c(cn1C)-n1c(C)nnc1[C@H](CC(=O)N1CCC(=O)C1)N=C2c1ccc(Cl)cc1. The van der Waals surface area contributed by atoms with Gasteiger partial charge in [-0.15, -0.1) is 10.2 Å². The molecule has 0 aliphatic carbocycles. The highest BCUT2D eigenvalue weighted by Gasteiger charge is 2.34. The van der Waals surface area contributed by atoms with Crippen molar-refractivity contribution >= 4 is 29.0 Å². The Morgan fingerprint density at radius 1 is 1.19 bits per heavy atom. The maximum Gasteiger partial charge on any atom is 0.225 e. The first-order valence-electron chi connectivity index (χ1n) is 10.5. The molecular weight excluding hydrogens is 428 g/mol. The van der Waals surface area contributed by atoms with E-state index in [9.17, 15) is 9.59 Å². The van der Waals surface area contributed by atoms with Crippen molar-refractivity contribution < 1.29 is 9.59 Å². The Labute approximate surface area is 190 Å². The summed E-state index contributed by atoms with van der Waals surface area (Å²) in [5.41, 5.74) is 4.66. The third kappa shape index (κ3) is 3.35. The number of carbonyl (C=O) groups excluding carboxylic acids is 2. The molecule has 1 aromatic carbocycles. The number of halogens is 1. The quantitative estimate of drug-likeness (QED) is 0.614. The van der Waals surface area contributed by atoms with Gasteiger partial charge in [-0.25, -0.2) is 0 Å². The van der Waals surface area contributed by atoms with Gasteiger partial charge in [0.1, 0.15) is 11.9 Å². The lowest BCUT2D eigenvalue weighted by Crippen LogP contribution is -2.30. The predicted molar refractivity (Wildman–Crippen MR) is 120 cm³/mol. The van der Waals surface area contributed by atoms with E-state index < -0.39 is 6.04 Å². The molecule has 1 fully saturated rings. The van der Waals surface area contributed by atoms with Crippen LogP contribution in [0.3, 0.4) is 0 Å². The first kappa shape index (κ1) is 20.6. The fraction of sp³-hybridized carbons (Fsp3) is 0.348. The number of aliphatic imine (C=N–C) groups is 1. The lowest BCUT2D eigenvalue weighted by Gasteiger charge is -2.18. The van der Waals surface area contributed by atoms with Gasteiger partial charge in [-0.05, 0) is 26.0 Å². The largest absolute Gasteiger partial charge is 0.352 e. The van der Waals surface area contributed by atoms with Crippen LogP contribution in [0, 0.1) is 13.8 Å². The number of rotatable bonds is 3. The van der Waals surface area contributed by atoms with Gasteiger partial charge < -0.3 is 9.47 Å². The third-order valence-electron chi connectivity index (χ3n) is 6.24. The molecule has 2 aliphatic rings. The van der Waals surface area contributed by atoms with Gasteiger partial charge in [0.2, 0.25) is 5.91 Å². The van der Waals surface area contributed by atoms with Gasteiger partial charge in [0, 0.05) is 48.1 Å². The van der Waals surface area contributed by atoms with Crippen LogP contribution in [-0.4, -0.2) is 54.7 Å². The van der Waals surface area contributed by atoms with Crippen LogP contribution >= 0.6 is 11.6 Å². The number of aromatic nitrogens is 4. The van der Waals surface area contributed by atoms with E-state index in [1.54, 1.807) is 4.90 Å². The second-order valence-corrected chi connectivity index (χ2v) is 8.77. The van der Waals surface area contributed by atoms with Gasteiger partial charge in [-0.2, -0.15) is 0 Å². The highest BCUT2D eigenvalue weighted by atomic mass is 35.5. The summed E-state index contributed by atoms with van der Waals surface area (Å²) >= 11 is 6.13. The molecule has 9 heteroatoms. The molecule has 0 spiro atoms. The molecule has 8 nitrogen and oxygen atoms in total. The molecule has 164 valence electrons. The summed E-state index contributed by atoms with van der Waals surface area (Å²) in [4.78, 5) is 31.4. The summed E-state index contributed by atoms with van der Waals surface area (Å²) in [5, 5.41) is 9.35. The summed E-state index contributed by atoms with van der Waals surface area (Å²) in [6.07, 6.45) is 2.58. The van der Waals surface area contributed by atoms with Gasteiger partial charge >= 0.3 is 0 Å². The van der Waals surface area contributed by atoms with Crippen molar-refractivity contribution in [1.29, 1.82) is 0 Å². The first-order valence-corrected chi connectivity index (χ1v) is 10.9. The Bertz CT molecular complexity index is 1270. The molecule has 0 saturated carbocycles. The Balaban J connectivity index is 1.67. The average Bonchev–Trinajstić information content (AvgIpc) is 3.42. The van der Waals surface area contributed by atoms with E-state index in [0.717, 1.165) is 34.0 Å². The molecule has 0 bridgehead atoms. The second kappa shape index (κ2) is 7.70. The van der Waals surface area contributed by atoms with Crippen molar-refractivity contribution in [3.8, 4) is 5.69 Å². The Kier molecular flexibility index (Phi) is 4.97. The van der Waals surface area contributed by atoms with Gasteiger partial charge in [0.05, 0.1) is 24.4 Å². The molecule has 4 heterocycles. The Morgan fingerprint density at radius 2 is 1.94 bits per heavy atom. The number of fused-ring (bicyclic) bond motifs is 3. The third-order valence-corrected chi connectivity index (χ3v) is 6.49. The van der Waals surface area contributed by atoms with Crippen LogP contribution in [0.5, 0.6) is 0 Å². The molecule has 0 N–H and O–H groups in total.